The Balaban J connectivity index is 1.62. The third-order valence-corrected chi connectivity index (χ3v) is 5.12. The van der Waals surface area contributed by atoms with E-state index >= 15 is 0 Å². The number of thiocarbonyl (C=S) groups is 1. The largest absolute Gasteiger partial charge is 0.393 e. The van der Waals surface area contributed by atoms with E-state index in [2.05, 4.69) is 16.3 Å². The molecule has 1 fully saturated rings. The van der Waals surface area contributed by atoms with Gasteiger partial charge in [0.25, 0.3) is 0 Å². The summed E-state index contributed by atoms with van der Waals surface area (Å²) in [6.45, 7) is 3.50. The van der Waals surface area contributed by atoms with Crippen molar-refractivity contribution in [3.63, 3.8) is 0 Å². The summed E-state index contributed by atoms with van der Waals surface area (Å²) in [5.74, 6) is 0. The maximum absolute atomic E-state index is 5.70. The first-order valence-corrected chi connectivity index (χ1v) is 7.52. The molecule has 2 aliphatic rings. The number of nitrogens with zero attached hydrogens (tertiary/aromatic N) is 1. The molecule has 0 atom stereocenters. The van der Waals surface area contributed by atoms with Gasteiger partial charge in [-0.1, -0.05) is 12.2 Å². The summed E-state index contributed by atoms with van der Waals surface area (Å²) in [5, 5.41) is 2.22. The molecule has 92 valence electrons. The second-order valence-corrected chi connectivity index (χ2v) is 7.00. The van der Waals surface area contributed by atoms with Crippen LogP contribution in [0, 0.1) is 5.41 Å². The van der Waals surface area contributed by atoms with Gasteiger partial charge in [-0.2, -0.15) is 0 Å². The molecule has 0 spiro atoms. The monoisotopic (exact) mass is 266 g/mol. The third kappa shape index (κ3) is 2.54. The van der Waals surface area contributed by atoms with Crippen LogP contribution in [0.1, 0.15) is 29.7 Å². The minimum atomic E-state index is 0.430. The first-order chi connectivity index (χ1) is 8.17. The van der Waals surface area contributed by atoms with Gasteiger partial charge in [0.1, 0.15) is 0 Å². The van der Waals surface area contributed by atoms with Crippen molar-refractivity contribution < 1.29 is 0 Å². The number of nitrogens with two attached hydrogens (primary N) is 1. The van der Waals surface area contributed by atoms with E-state index in [-0.39, 0.29) is 0 Å². The van der Waals surface area contributed by atoms with Crippen LogP contribution in [0.3, 0.4) is 0 Å². The van der Waals surface area contributed by atoms with Crippen molar-refractivity contribution in [3.05, 3.63) is 21.9 Å². The lowest BCUT2D eigenvalue weighted by molar-refractivity contribution is 0.207. The molecule has 0 amide bonds. The zero-order valence-corrected chi connectivity index (χ0v) is 11.6. The third-order valence-electron chi connectivity index (χ3n) is 3.95. The van der Waals surface area contributed by atoms with Gasteiger partial charge in [0.2, 0.25) is 0 Å². The Morgan fingerprint density at radius 2 is 2.35 bits per heavy atom. The van der Waals surface area contributed by atoms with Gasteiger partial charge < -0.3 is 5.73 Å². The minimum Gasteiger partial charge on any atom is -0.393 e. The molecule has 17 heavy (non-hydrogen) atoms. The molecule has 0 bridgehead atoms. The molecule has 2 nitrogen and oxygen atoms in total. The second-order valence-electron chi connectivity index (χ2n) is 5.47. The first kappa shape index (κ1) is 11.6. The lowest BCUT2D eigenvalue weighted by atomic mass is 10.00. The van der Waals surface area contributed by atoms with Crippen molar-refractivity contribution >= 4 is 28.5 Å². The minimum absolute atomic E-state index is 0.430. The van der Waals surface area contributed by atoms with Gasteiger partial charge in [0.05, 0.1) is 4.99 Å². The number of rotatable bonds is 4. The molecule has 0 unspecified atom stereocenters. The maximum atomic E-state index is 5.70. The summed E-state index contributed by atoms with van der Waals surface area (Å²) in [7, 11) is 0. The molecule has 1 aliphatic heterocycles. The quantitative estimate of drug-likeness (QED) is 0.849. The Kier molecular flexibility index (Phi) is 2.97. The van der Waals surface area contributed by atoms with E-state index in [1.165, 1.54) is 37.9 Å². The van der Waals surface area contributed by atoms with E-state index in [0.717, 1.165) is 13.0 Å². The van der Waals surface area contributed by atoms with Gasteiger partial charge in [-0.25, -0.2) is 0 Å². The Hall–Kier alpha value is -0.450. The average Bonchev–Trinajstić information content (AvgIpc) is 2.85. The Morgan fingerprint density at radius 3 is 3.06 bits per heavy atom. The highest BCUT2D eigenvalue weighted by Gasteiger charge is 2.44. The molecule has 1 aromatic heterocycles. The van der Waals surface area contributed by atoms with E-state index in [0.29, 0.717) is 10.4 Å². The number of fused-ring (bicyclic) bond motifs is 1. The predicted molar refractivity (Wildman–Crippen MR) is 76.4 cm³/mol. The van der Waals surface area contributed by atoms with E-state index in [4.69, 9.17) is 18.0 Å². The normalized spacial score (nSPS) is 22.1. The predicted octanol–water partition coefficient (Wildman–Crippen LogP) is 2.56. The van der Waals surface area contributed by atoms with Crippen LogP contribution < -0.4 is 5.73 Å². The van der Waals surface area contributed by atoms with Gasteiger partial charge in [0, 0.05) is 30.9 Å². The average molecular weight is 266 g/mol. The standard InChI is InChI=1S/C13H18N2S2/c14-12(16)7-13(3-4-13)9-15-5-1-11-10(8-15)2-6-17-11/h2,6H,1,3-5,7-9H2,(H2,14,16). The van der Waals surface area contributed by atoms with Crippen LogP contribution >= 0.6 is 23.6 Å². The van der Waals surface area contributed by atoms with Crippen LogP contribution in [0.25, 0.3) is 0 Å². The lowest BCUT2D eigenvalue weighted by Crippen LogP contribution is -2.36. The first-order valence-electron chi connectivity index (χ1n) is 6.23. The molecular weight excluding hydrogens is 248 g/mol. The van der Waals surface area contributed by atoms with Gasteiger partial charge >= 0.3 is 0 Å². The van der Waals surface area contributed by atoms with E-state index in [1.807, 2.05) is 11.3 Å². The summed E-state index contributed by atoms with van der Waals surface area (Å²) in [6.07, 6.45) is 4.76. The van der Waals surface area contributed by atoms with Gasteiger partial charge in [0.15, 0.2) is 0 Å². The van der Waals surface area contributed by atoms with Crippen molar-refractivity contribution in [2.24, 2.45) is 11.1 Å². The molecule has 1 aliphatic carbocycles. The maximum Gasteiger partial charge on any atom is 0.0733 e. The summed E-state index contributed by atoms with van der Waals surface area (Å²) < 4.78 is 0. The van der Waals surface area contributed by atoms with E-state index in [9.17, 15) is 0 Å². The fraction of sp³-hybridized carbons (Fsp3) is 0.615. The van der Waals surface area contributed by atoms with Crippen molar-refractivity contribution in [1.29, 1.82) is 0 Å². The fourth-order valence-electron chi connectivity index (χ4n) is 2.85. The zero-order chi connectivity index (χ0) is 11.9. The molecular formula is C13H18N2S2. The van der Waals surface area contributed by atoms with Crippen LogP contribution in [0.15, 0.2) is 11.4 Å². The second kappa shape index (κ2) is 4.34. The van der Waals surface area contributed by atoms with Gasteiger partial charge in [-0.3, -0.25) is 4.90 Å². The topological polar surface area (TPSA) is 29.3 Å². The summed E-state index contributed by atoms with van der Waals surface area (Å²) in [4.78, 5) is 4.86. The summed E-state index contributed by atoms with van der Waals surface area (Å²) in [6, 6.07) is 2.28. The summed E-state index contributed by atoms with van der Waals surface area (Å²) in [5.41, 5.74) is 7.66. The molecule has 1 saturated carbocycles. The van der Waals surface area contributed by atoms with Crippen LogP contribution in [0.4, 0.5) is 0 Å². The Morgan fingerprint density at radius 1 is 1.53 bits per heavy atom. The van der Waals surface area contributed by atoms with Crippen LogP contribution in [0.2, 0.25) is 0 Å². The highest BCUT2D eigenvalue weighted by Crippen LogP contribution is 2.49. The van der Waals surface area contributed by atoms with Crippen molar-refractivity contribution in [1.82, 2.24) is 4.90 Å². The highest BCUT2D eigenvalue weighted by atomic mass is 32.1. The summed E-state index contributed by atoms with van der Waals surface area (Å²) >= 11 is 6.97. The van der Waals surface area contributed by atoms with Gasteiger partial charge in [-0.05, 0) is 41.7 Å². The van der Waals surface area contributed by atoms with Crippen molar-refractivity contribution in [2.75, 3.05) is 13.1 Å². The smallest absolute Gasteiger partial charge is 0.0733 e. The number of hydrogen-bond donors (Lipinski definition) is 1. The molecule has 4 heteroatoms. The van der Waals surface area contributed by atoms with Crippen LogP contribution in [0.5, 0.6) is 0 Å². The molecule has 3 rings (SSSR count). The number of hydrogen-bond acceptors (Lipinski definition) is 3. The Bertz CT molecular complexity index is 434. The molecule has 1 aromatic rings. The molecule has 0 saturated heterocycles. The van der Waals surface area contributed by atoms with Crippen molar-refractivity contribution in [3.8, 4) is 0 Å². The van der Waals surface area contributed by atoms with E-state index in [1.54, 1.807) is 4.88 Å². The van der Waals surface area contributed by atoms with Gasteiger partial charge in [-0.15, -0.1) is 11.3 Å². The Labute approximate surface area is 112 Å². The van der Waals surface area contributed by atoms with E-state index < -0.39 is 0 Å². The fourth-order valence-corrected chi connectivity index (χ4v) is 4.05. The molecule has 2 heterocycles. The molecule has 0 aromatic carbocycles. The van der Waals surface area contributed by atoms with Crippen molar-refractivity contribution in [2.45, 2.75) is 32.2 Å². The molecule has 2 N–H and O–H groups in total. The lowest BCUT2D eigenvalue weighted by Gasteiger charge is -2.30. The number of thiophene rings is 1. The van der Waals surface area contributed by atoms with Crippen LogP contribution in [-0.2, 0) is 13.0 Å². The SMILES string of the molecule is NC(=S)CC1(CN2CCc3sccc3C2)CC1. The van der Waals surface area contributed by atoms with Crippen LogP contribution in [-0.4, -0.2) is 23.0 Å². The highest BCUT2D eigenvalue weighted by molar-refractivity contribution is 7.80. The zero-order valence-electron chi connectivity index (χ0n) is 9.95. The molecule has 0 radical (unpaired) electrons.